The van der Waals surface area contributed by atoms with Crippen LogP contribution in [0.4, 0.5) is 0 Å². The largest absolute Gasteiger partial charge is 0.376 e. The maximum absolute atomic E-state index is 5.64. The molecule has 0 radical (unpaired) electrons. The van der Waals surface area contributed by atoms with Gasteiger partial charge < -0.3 is 10.1 Å². The Hall–Kier alpha value is -1.12. The number of benzene rings is 1. The Morgan fingerprint density at radius 1 is 1.39 bits per heavy atom. The van der Waals surface area contributed by atoms with Crippen molar-refractivity contribution in [1.82, 2.24) is 5.32 Å². The van der Waals surface area contributed by atoms with Crippen LogP contribution < -0.4 is 5.32 Å². The van der Waals surface area contributed by atoms with Gasteiger partial charge in [0.15, 0.2) is 0 Å². The van der Waals surface area contributed by atoms with Crippen LogP contribution in [-0.2, 0) is 17.9 Å². The van der Waals surface area contributed by atoms with Crippen LogP contribution in [0.1, 0.15) is 37.3 Å². The van der Waals surface area contributed by atoms with E-state index in [1.807, 2.05) is 6.92 Å². The van der Waals surface area contributed by atoms with Crippen molar-refractivity contribution < 1.29 is 4.74 Å². The highest BCUT2D eigenvalue weighted by Gasteiger charge is 2.19. The molecule has 0 atom stereocenters. The molecule has 0 bridgehead atoms. The zero-order chi connectivity index (χ0) is 12.8. The van der Waals surface area contributed by atoms with E-state index in [-0.39, 0.29) is 0 Å². The zero-order valence-corrected chi connectivity index (χ0v) is 11.2. The number of ether oxygens (including phenoxy) is 1. The summed E-state index contributed by atoms with van der Waals surface area (Å²) >= 11 is 0. The fraction of sp³-hybridized carbons (Fsp3) is 0.500. The van der Waals surface area contributed by atoms with E-state index >= 15 is 0 Å². The maximum Gasteiger partial charge on any atom is 0.0717 e. The van der Waals surface area contributed by atoms with Crippen molar-refractivity contribution in [2.45, 2.75) is 45.4 Å². The van der Waals surface area contributed by atoms with Crippen molar-refractivity contribution in [1.29, 1.82) is 0 Å². The quantitative estimate of drug-likeness (QED) is 0.559. The Kier molecular flexibility index (Phi) is 4.97. The highest BCUT2D eigenvalue weighted by Crippen LogP contribution is 2.19. The van der Waals surface area contributed by atoms with Crippen LogP contribution in [0, 0.1) is 0 Å². The number of rotatable bonds is 8. The lowest BCUT2D eigenvalue weighted by molar-refractivity contribution is 0.124. The van der Waals surface area contributed by atoms with Crippen LogP contribution in [0.5, 0.6) is 0 Å². The third-order valence-corrected chi connectivity index (χ3v) is 3.11. The van der Waals surface area contributed by atoms with Crippen LogP contribution >= 0.6 is 0 Å². The first kappa shape index (κ1) is 13.3. The van der Waals surface area contributed by atoms with Crippen LogP contribution in [-0.4, -0.2) is 12.6 Å². The summed E-state index contributed by atoms with van der Waals surface area (Å²) in [6, 6.07) is 9.41. The van der Waals surface area contributed by atoms with Gasteiger partial charge in [-0.2, -0.15) is 0 Å². The minimum absolute atomic E-state index is 0.699. The fourth-order valence-corrected chi connectivity index (χ4v) is 1.82. The van der Waals surface area contributed by atoms with E-state index in [4.69, 9.17) is 4.74 Å². The van der Waals surface area contributed by atoms with Crippen LogP contribution in [0.15, 0.2) is 36.4 Å². The predicted octanol–water partition coefficient (Wildman–Crippen LogP) is 3.42. The minimum Gasteiger partial charge on any atom is -0.376 e. The van der Waals surface area contributed by atoms with Gasteiger partial charge in [0.25, 0.3) is 0 Å². The molecule has 0 amide bonds. The Balaban J connectivity index is 1.73. The van der Waals surface area contributed by atoms with Gasteiger partial charge in [-0.15, -0.1) is 6.58 Å². The summed E-state index contributed by atoms with van der Waals surface area (Å²) in [6.45, 7) is 8.35. The monoisotopic (exact) mass is 245 g/mol. The van der Waals surface area contributed by atoms with Gasteiger partial charge in [-0.25, -0.2) is 0 Å². The second kappa shape index (κ2) is 6.72. The molecule has 0 saturated heterocycles. The van der Waals surface area contributed by atoms with E-state index in [2.05, 4.69) is 36.2 Å². The molecular weight excluding hydrogens is 222 g/mol. The summed E-state index contributed by atoms with van der Waals surface area (Å²) in [5, 5.41) is 3.53. The second-order valence-electron chi connectivity index (χ2n) is 5.23. The Bertz CT molecular complexity index is 396. The molecule has 0 heterocycles. The standard InChI is InChI=1S/C16H23NO/c1-13(2)8-9-18-12-15-5-3-4-14(10-15)11-17-16-6-7-16/h3-5,10,16-17H,1,6-9,11-12H2,2H3. The minimum atomic E-state index is 0.699. The van der Waals surface area contributed by atoms with E-state index in [9.17, 15) is 0 Å². The van der Waals surface area contributed by atoms with Gasteiger partial charge in [0.2, 0.25) is 0 Å². The smallest absolute Gasteiger partial charge is 0.0717 e. The topological polar surface area (TPSA) is 21.3 Å². The van der Waals surface area contributed by atoms with Gasteiger partial charge in [0.1, 0.15) is 0 Å². The molecule has 1 N–H and O–H groups in total. The second-order valence-corrected chi connectivity index (χ2v) is 5.23. The van der Waals surface area contributed by atoms with Crippen molar-refractivity contribution in [3.63, 3.8) is 0 Å². The summed E-state index contributed by atoms with van der Waals surface area (Å²) in [5.41, 5.74) is 3.78. The molecular formula is C16H23NO. The highest BCUT2D eigenvalue weighted by atomic mass is 16.5. The first-order valence-electron chi connectivity index (χ1n) is 6.77. The van der Waals surface area contributed by atoms with Crippen LogP contribution in [0.25, 0.3) is 0 Å². The van der Waals surface area contributed by atoms with E-state index in [0.717, 1.165) is 25.6 Å². The van der Waals surface area contributed by atoms with Gasteiger partial charge in [0.05, 0.1) is 13.2 Å². The lowest BCUT2D eigenvalue weighted by Gasteiger charge is -2.07. The third kappa shape index (κ3) is 5.03. The Labute approximate surface area is 110 Å². The molecule has 1 aromatic carbocycles. The Morgan fingerprint density at radius 3 is 2.89 bits per heavy atom. The average Bonchev–Trinajstić information content (AvgIpc) is 3.17. The van der Waals surface area contributed by atoms with E-state index < -0.39 is 0 Å². The van der Waals surface area contributed by atoms with Crippen molar-refractivity contribution >= 4 is 0 Å². The van der Waals surface area contributed by atoms with Crippen molar-refractivity contribution in [2.24, 2.45) is 0 Å². The number of hydrogen-bond acceptors (Lipinski definition) is 2. The normalized spacial score (nSPS) is 14.7. The predicted molar refractivity (Wildman–Crippen MR) is 75.4 cm³/mol. The summed E-state index contributed by atoms with van der Waals surface area (Å²) in [7, 11) is 0. The molecule has 1 aromatic rings. The van der Waals surface area contributed by atoms with Crippen molar-refractivity contribution in [3.8, 4) is 0 Å². The summed E-state index contributed by atoms with van der Waals surface area (Å²) in [4.78, 5) is 0. The fourth-order valence-electron chi connectivity index (χ4n) is 1.82. The summed E-state index contributed by atoms with van der Waals surface area (Å²) in [5.74, 6) is 0. The van der Waals surface area contributed by atoms with Gasteiger partial charge >= 0.3 is 0 Å². The molecule has 0 aromatic heterocycles. The number of hydrogen-bond donors (Lipinski definition) is 1. The van der Waals surface area contributed by atoms with Crippen LogP contribution in [0.3, 0.4) is 0 Å². The lowest BCUT2D eigenvalue weighted by atomic mass is 10.1. The lowest BCUT2D eigenvalue weighted by Crippen LogP contribution is -2.15. The average molecular weight is 245 g/mol. The Morgan fingerprint density at radius 2 is 2.17 bits per heavy atom. The van der Waals surface area contributed by atoms with Gasteiger partial charge in [-0.1, -0.05) is 29.8 Å². The molecule has 1 fully saturated rings. The molecule has 0 aliphatic heterocycles. The SMILES string of the molecule is C=C(C)CCOCc1cccc(CNC2CC2)c1. The first-order chi connectivity index (χ1) is 8.74. The molecule has 0 unspecified atom stereocenters. The molecule has 2 rings (SSSR count). The first-order valence-corrected chi connectivity index (χ1v) is 6.77. The van der Waals surface area contributed by atoms with Crippen LogP contribution in [0.2, 0.25) is 0 Å². The molecule has 1 saturated carbocycles. The third-order valence-electron chi connectivity index (χ3n) is 3.11. The molecule has 18 heavy (non-hydrogen) atoms. The molecule has 2 heteroatoms. The van der Waals surface area contributed by atoms with Crippen molar-refractivity contribution in [3.05, 3.63) is 47.5 Å². The molecule has 2 nitrogen and oxygen atoms in total. The van der Waals surface area contributed by atoms with Crippen molar-refractivity contribution in [2.75, 3.05) is 6.61 Å². The molecule has 0 spiro atoms. The van der Waals surface area contributed by atoms with Gasteiger partial charge in [0, 0.05) is 12.6 Å². The van der Waals surface area contributed by atoms with E-state index in [1.54, 1.807) is 0 Å². The zero-order valence-electron chi connectivity index (χ0n) is 11.2. The summed E-state index contributed by atoms with van der Waals surface area (Å²) in [6.07, 6.45) is 3.62. The summed E-state index contributed by atoms with van der Waals surface area (Å²) < 4.78 is 5.64. The number of nitrogens with one attached hydrogen (secondary N) is 1. The molecule has 98 valence electrons. The molecule has 1 aliphatic carbocycles. The maximum atomic E-state index is 5.64. The van der Waals surface area contributed by atoms with E-state index in [1.165, 1.54) is 29.5 Å². The molecule has 1 aliphatic rings. The highest BCUT2D eigenvalue weighted by molar-refractivity contribution is 5.23. The van der Waals surface area contributed by atoms with Gasteiger partial charge in [-0.3, -0.25) is 0 Å². The van der Waals surface area contributed by atoms with E-state index in [0.29, 0.717) is 6.61 Å². The van der Waals surface area contributed by atoms with Gasteiger partial charge in [-0.05, 0) is 37.3 Å².